The predicted octanol–water partition coefficient (Wildman–Crippen LogP) is 5.41. The molecule has 0 saturated carbocycles. The fourth-order valence-corrected chi connectivity index (χ4v) is 5.60. The van der Waals surface area contributed by atoms with Crippen molar-refractivity contribution in [3.8, 4) is 10.6 Å². The van der Waals surface area contributed by atoms with E-state index in [1.54, 1.807) is 11.3 Å². The number of anilines is 3. The summed E-state index contributed by atoms with van der Waals surface area (Å²) in [6.45, 7) is 6.41. The molecule has 5 aromatic rings. The molecule has 166 valence electrons. The van der Waals surface area contributed by atoms with E-state index in [0.717, 1.165) is 54.7 Å². The van der Waals surface area contributed by atoms with Crippen LogP contribution in [0.25, 0.3) is 26.3 Å². The van der Waals surface area contributed by atoms with Crippen LogP contribution in [-0.2, 0) is 0 Å². The maximum absolute atomic E-state index is 4.89. The lowest BCUT2D eigenvalue weighted by Crippen LogP contribution is -2.44. The summed E-state index contributed by atoms with van der Waals surface area (Å²) in [6.07, 6.45) is 0. The van der Waals surface area contributed by atoms with Crippen LogP contribution in [0, 0.1) is 6.92 Å². The first-order valence-corrected chi connectivity index (χ1v) is 12.1. The van der Waals surface area contributed by atoms with Gasteiger partial charge in [-0.3, -0.25) is 0 Å². The maximum atomic E-state index is 4.89. The lowest BCUT2D eigenvalue weighted by atomic mass is 10.2. The van der Waals surface area contributed by atoms with E-state index in [1.165, 1.54) is 20.7 Å². The number of fused-ring (bicyclic) bond motifs is 2. The zero-order valence-corrected chi connectivity index (χ0v) is 19.6. The molecule has 0 spiro atoms. The zero-order valence-electron chi connectivity index (χ0n) is 18.8. The minimum Gasteiger partial charge on any atom is -0.369 e. The average Bonchev–Trinajstić information content (AvgIpc) is 3.39. The molecular formula is C26H26N6S. The SMILES string of the molecule is Cc1nc2ccc(Nc3ccc(N4CCN(C)CC4)cc3)nn2c1-c1cc2ccccc2s1. The van der Waals surface area contributed by atoms with Crippen molar-refractivity contribution in [2.24, 2.45) is 0 Å². The number of aromatic nitrogens is 3. The lowest BCUT2D eigenvalue weighted by molar-refractivity contribution is 0.313. The van der Waals surface area contributed by atoms with Gasteiger partial charge < -0.3 is 15.1 Å². The number of piperazine rings is 1. The molecule has 0 radical (unpaired) electrons. The first kappa shape index (κ1) is 20.2. The third-order valence-corrected chi connectivity index (χ3v) is 7.44. The molecule has 1 N–H and O–H groups in total. The van der Waals surface area contributed by atoms with Crippen molar-refractivity contribution in [1.82, 2.24) is 19.5 Å². The van der Waals surface area contributed by atoms with Crippen LogP contribution in [-0.4, -0.2) is 52.7 Å². The Morgan fingerprint density at radius 3 is 2.48 bits per heavy atom. The molecule has 3 aromatic heterocycles. The lowest BCUT2D eigenvalue weighted by Gasteiger charge is -2.34. The van der Waals surface area contributed by atoms with Gasteiger partial charge in [0.25, 0.3) is 0 Å². The van der Waals surface area contributed by atoms with E-state index >= 15 is 0 Å². The van der Waals surface area contributed by atoms with Gasteiger partial charge in [0.15, 0.2) is 11.5 Å². The summed E-state index contributed by atoms with van der Waals surface area (Å²) in [5, 5.41) is 9.61. The highest BCUT2D eigenvalue weighted by molar-refractivity contribution is 7.22. The highest BCUT2D eigenvalue weighted by atomic mass is 32.1. The summed E-state index contributed by atoms with van der Waals surface area (Å²) in [6, 6.07) is 23.4. The van der Waals surface area contributed by atoms with Gasteiger partial charge in [-0.15, -0.1) is 16.4 Å². The minimum absolute atomic E-state index is 0.801. The van der Waals surface area contributed by atoms with Gasteiger partial charge in [-0.1, -0.05) is 18.2 Å². The number of imidazole rings is 1. The molecule has 1 aliphatic heterocycles. The number of thiophene rings is 1. The van der Waals surface area contributed by atoms with Crippen molar-refractivity contribution < 1.29 is 0 Å². The van der Waals surface area contributed by atoms with E-state index in [0.29, 0.717) is 0 Å². The summed E-state index contributed by atoms with van der Waals surface area (Å²) in [5.74, 6) is 0.801. The Kier molecular flexibility index (Phi) is 5.00. The molecule has 6 nitrogen and oxygen atoms in total. The Hall–Kier alpha value is -3.42. The standard InChI is InChI=1S/C26H26N6S/c1-18-26(23-17-19-5-3-4-6-22(19)33-23)32-25(27-18)12-11-24(29-32)28-20-7-9-21(10-8-20)31-15-13-30(2)14-16-31/h3-12,17H,13-16H2,1-2H3,(H,28,29). The Bertz CT molecular complexity index is 1390. The van der Waals surface area contributed by atoms with Crippen LogP contribution in [0.5, 0.6) is 0 Å². The molecule has 0 aliphatic carbocycles. The van der Waals surface area contributed by atoms with Crippen LogP contribution in [0.3, 0.4) is 0 Å². The second-order valence-electron chi connectivity index (χ2n) is 8.65. The number of hydrogen-bond acceptors (Lipinski definition) is 6. The number of rotatable bonds is 4. The second kappa shape index (κ2) is 8.17. The monoisotopic (exact) mass is 454 g/mol. The van der Waals surface area contributed by atoms with E-state index in [1.807, 2.05) is 16.6 Å². The van der Waals surface area contributed by atoms with Crippen LogP contribution in [0.2, 0.25) is 0 Å². The van der Waals surface area contributed by atoms with Crippen LogP contribution in [0.1, 0.15) is 5.69 Å². The van der Waals surface area contributed by atoms with Crippen LogP contribution >= 0.6 is 11.3 Å². The van der Waals surface area contributed by atoms with Crippen molar-refractivity contribution in [3.05, 3.63) is 72.4 Å². The third-order valence-electron chi connectivity index (χ3n) is 6.32. The van der Waals surface area contributed by atoms with Gasteiger partial charge in [-0.2, -0.15) is 0 Å². The molecule has 0 atom stereocenters. The number of nitrogens with zero attached hydrogens (tertiary/aromatic N) is 5. The van der Waals surface area contributed by atoms with Gasteiger partial charge in [0.2, 0.25) is 0 Å². The molecular weight excluding hydrogens is 428 g/mol. The fourth-order valence-electron chi connectivity index (χ4n) is 4.46. The summed E-state index contributed by atoms with van der Waals surface area (Å²) in [5.41, 5.74) is 5.20. The number of benzene rings is 2. The third kappa shape index (κ3) is 3.83. The van der Waals surface area contributed by atoms with Gasteiger partial charge >= 0.3 is 0 Å². The van der Waals surface area contributed by atoms with Gasteiger partial charge in [-0.25, -0.2) is 9.50 Å². The minimum atomic E-state index is 0.801. The van der Waals surface area contributed by atoms with Crippen molar-refractivity contribution in [2.75, 3.05) is 43.4 Å². The van der Waals surface area contributed by atoms with Gasteiger partial charge in [0.1, 0.15) is 5.69 Å². The molecule has 2 aromatic carbocycles. The van der Waals surface area contributed by atoms with Gasteiger partial charge in [0, 0.05) is 42.3 Å². The largest absolute Gasteiger partial charge is 0.369 e. The smallest absolute Gasteiger partial charge is 0.154 e. The highest BCUT2D eigenvalue weighted by Crippen LogP contribution is 2.35. The van der Waals surface area contributed by atoms with E-state index in [9.17, 15) is 0 Å². The quantitative estimate of drug-likeness (QED) is 0.393. The van der Waals surface area contributed by atoms with Crippen molar-refractivity contribution in [1.29, 1.82) is 0 Å². The van der Waals surface area contributed by atoms with E-state index in [4.69, 9.17) is 10.1 Å². The van der Waals surface area contributed by atoms with Gasteiger partial charge in [-0.05, 0) is 67.9 Å². The number of likely N-dealkylation sites (N-methyl/N-ethyl adjacent to an activating group) is 1. The molecule has 1 fully saturated rings. The Morgan fingerprint density at radius 2 is 1.70 bits per heavy atom. The number of nitrogens with one attached hydrogen (secondary N) is 1. The summed E-state index contributed by atoms with van der Waals surface area (Å²) >= 11 is 1.78. The maximum Gasteiger partial charge on any atom is 0.154 e. The molecule has 7 heteroatoms. The second-order valence-corrected chi connectivity index (χ2v) is 9.73. The first-order chi connectivity index (χ1) is 16.1. The molecule has 33 heavy (non-hydrogen) atoms. The average molecular weight is 455 g/mol. The summed E-state index contributed by atoms with van der Waals surface area (Å²) < 4.78 is 3.23. The molecule has 6 rings (SSSR count). The summed E-state index contributed by atoms with van der Waals surface area (Å²) in [4.78, 5) is 10.7. The predicted molar refractivity (Wildman–Crippen MR) is 138 cm³/mol. The first-order valence-electron chi connectivity index (χ1n) is 11.3. The zero-order chi connectivity index (χ0) is 22.4. The normalized spacial score (nSPS) is 14.9. The molecule has 1 saturated heterocycles. The summed E-state index contributed by atoms with van der Waals surface area (Å²) in [7, 11) is 2.18. The van der Waals surface area contributed by atoms with Crippen LogP contribution < -0.4 is 10.2 Å². The molecule has 1 aliphatic rings. The van der Waals surface area contributed by atoms with Crippen molar-refractivity contribution in [2.45, 2.75) is 6.92 Å². The molecule has 4 heterocycles. The van der Waals surface area contributed by atoms with Crippen LogP contribution in [0.15, 0.2) is 66.7 Å². The van der Waals surface area contributed by atoms with E-state index < -0.39 is 0 Å². The molecule has 0 amide bonds. The fraction of sp³-hybridized carbons (Fsp3) is 0.231. The topological polar surface area (TPSA) is 48.7 Å². The Labute approximate surface area is 197 Å². The van der Waals surface area contributed by atoms with E-state index in [-0.39, 0.29) is 0 Å². The Balaban J connectivity index is 1.28. The molecule has 0 bridgehead atoms. The number of hydrogen-bond donors (Lipinski definition) is 1. The van der Waals surface area contributed by atoms with E-state index in [2.05, 4.69) is 83.7 Å². The highest BCUT2D eigenvalue weighted by Gasteiger charge is 2.16. The molecule has 0 unspecified atom stereocenters. The van der Waals surface area contributed by atoms with Gasteiger partial charge in [0.05, 0.1) is 10.6 Å². The number of aryl methyl sites for hydroxylation is 1. The van der Waals surface area contributed by atoms with Crippen molar-refractivity contribution in [3.63, 3.8) is 0 Å². The van der Waals surface area contributed by atoms with Crippen LogP contribution in [0.4, 0.5) is 17.2 Å². The Morgan fingerprint density at radius 1 is 0.909 bits per heavy atom. The van der Waals surface area contributed by atoms with Crippen molar-refractivity contribution >= 4 is 44.3 Å².